The summed E-state index contributed by atoms with van der Waals surface area (Å²) in [5, 5.41) is 7.75. The molecule has 0 atom stereocenters. The van der Waals surface area contributed by atoms with Crippen molar-refractivity contribution in [2.45, 2.75) is 19.5 Å². The second-order valence-corrected chi connectivity index (χ2v) is 7.20. The zero-order chi connectivity index (χ0) is 21.1. The van der Waals surface area contributed by atoms with Crippen molar-refractivity contribution in [1.29, 1.82) is 0 Å². The lowest BCUT2D eigenvalue weighted by molar-refractivity contribution is -0.121. The van der Waals surface area contributed by atoms with E-state index < -0.39 is 0 Å². The number of nitrogens with zero attached hydrogens (tertiary/aromatic N) is 3. The van der Waals surface area contributed by atoms with E-state index >= 15 is 0 Å². The van der Waals surface area contributed by atoms with Gasteiger partial charge in [0.2, 0.25) is 5.91 Å². The van der Waals surface area contributed by atoms with Crippen molar-refractivity contribution in [3.8, 4) is 11.3 Å². The van der Waals surface area contributed by atoms with Crippen LogP contribution in [0, 0.1) is 5.82 Å². The molecule has 152 valence electrons. The van der Waals surface area contributed by atoms with Crippen molar-refractivity contribution in [2.75, 3.05) is 0 Å². The Morgan fingerprint density at radius 3 is 2.63 bits per heavy atom. The summed E-state index contributed by atoms with van der Waals surface area (Å²) in [6.07, 6.45) is 3.42. The highest BCUT2D eigenvalue weighted by atomic mass is 35.5. The average molecular weight is 425 g/mol. The second kappa shape index (κ2) is 8.51. The van der Waals surface area contributed by atoms with Crippen molar-refractivity contribution in [3.05, 3.63) is 93.7 Å². The molecule has 0 aliphatic carbocycles. The van der Waals surface area contributed by atoms with Crippen molar-refractivity contribution in [2.24, 2.45) is 0 Å². The van der Waals surface area contributed by atoms with E-state index in [1.807, 2.05) is 18.2 Å². The van der Waals surface area contributed by atoms with Crippen molar-refractivity contribution in [1.82, 2.24) is 19.5 Å². The maximum Gasteiger partial charge on any atom is 0.276 e. The zero-order valence-electron chi connectivity index (χ0n) is 15.9. The van der Waals surface area contributed by atoms with Crippen LogP contribution in [-0.2, 0) is 17.9 Å². The van der Waals surface area contributed by atoms with E-state index in [-0.39, 0.29) is 30.2 Å². The van der Waals surface area contributed by atoms with Gasteiger partial charge in [-0.2, -0.15) is 5.10 Å². The van der Waals surface area contributed by atoms with E-state index in [2.05, 4.69) is 10.4 Å². The van der Waals surface area contributed by atoms with Crippen LogP contribution in [0.4, 0.5) is 4.39 Å². The van der Waals surface area contributed by atoms with E-state index in [1.54, 1.807) is 36.7 Å². The third kappa shape index (κ3) is 4.26. The number of amides is 1. The highest BCUT2D eigenvalue weighted by Gasteiger charge is 2.12. The van der Waals surface area contributed by atoms with Gasteiger partial charge in [-0.15, -0.1) is 0 Å². The number of hydrogen-bond donors (Lipinski definition) is 1. The molecule has 0 aliphatic heterocycles. The molecule has 1 amide bonds. The Bertz CT molecular complexity index is 1260. The van der Waals surface area contributed by atoms with Gasteiger partial charge in [0.1, 0.15) is 11.3 Å². The zero-order valence-corrected chi connectivity index (χ0v) is 16.6. The van der Waals surface area contributed by atoms with E-state index in [4.69, 9.17) is 11.6 Å². The molecule has 30 heavy (non-hydrogen) atoms. The number of aromatic nitrogens is 3. The van der Waals surface area contributed by atoms with Crippen molar-refractivity contribution in [3.63, 3.8) is 0 Å². The van der Waals surface area contributed by atoms with Gasteiger partial charge in [-0.1, -0.05) is 41.9 Å². The Morgan fingerprint density at radius 1 is 1.10 bits per heavy atom. The largest absolute Gasteiger partial charge is 0.352 e. The number of rotatable bonds is 6. The topological polar surface area (TPSA) is 68.4 Å². The third-order valence-electron chi connectivity index (χ3n) is 4.74. The van der Waals surface area contributed by atoms with E-state index in [0.717, 1.165) is 11.1 Å². The molecule has 0 fully saturated rings. The fraction of sp³-hybridized carbons (Fsp3) is 0.136. The van der Waals surface area contributed by atoms with E-state index in [9.17, 15) is 14.0 Å². The molecule has 0 unspecified atom stereocenters. The summed E-state index contributed by atoms with van der Waals surface area (Å²) in [6.45, 7) is 0.536. The molecule has 6 nitrogen and oxygen atoms in total. The monoisotopic (exact) mass is 424 g/mol. The Labute approximate surface area is 176 Å². The number of benzene rings is 2. The maximum atomic E-state index is 12.9. The Balaban J connectivity index is 1.45. The predicted molar refractivity (Wildman–Crippen MR) is 113 cm³/mol. The fourth-order valence-electron chi connectivity index (χ4n) is 3.12. The quantitative estimate of drug-likeness (QED) is 0.513. The molecule has 0 bridgehead atoms. The molecule has 0 spiro atoms. The number of nitrogens with one attached hydrogen (secondary N) is 1. The molecule has 2 aromatic carbocycles. The van der Waals surface area contributed by atoms with Crippen LogP contribution >= 0.6 is 11.6 Å². The molecule has 8 heteroatoms. The van der Waals surface area contributed by atoms with Gasteiger partial charge in [0.05, 0.1) is 10.7 Å². The second-order valence-electron chi connectivity index (χ2n) is 6.79. The molecule has 1 N–H and O–H groups in total. The van der Waals surface area contributed by atoms with E-state index in [0.29, 0.717) is 22.8 Å². The first kappa shape index (κ1) is 19.8. The van der Waals surface area contributed by atoms with Crippen LogP contribution in [0.25, 0.3) is 16.8 Å². The maximum absolute atomic E-state index is 12.9. The summed E-state index contributed by atoms with van der Waals surface area (Å²) < 4.78 is 15.9. The SMILES string of the molecule is O=C(CCn1ccn2nc(-c3ccccc3Cl)cc2c1=O)NCc1ccc(F)cc1. The van der Waals surface area contributed by atoms with Crippen LogP contribution < -0.4 is 10.9 Å². The minimum atomic E-state index is -0.322. The van der Waals surface area contributed by atoms with Crippen LogP contribution in [0.1, 0.15) is 12.0 Å². The van der Waals surface area contributed by atoms with Crippen LogP contribution in [0.15, 0.2) is 71.8 Å². The molecule has 2 aromatic heterocycles. The van der Waals surface area contributed by atoms with E-state index in [1.165, 1.54) is 21.2 Å². The standard InChI is InChI=1S/C22H18ClFN4O2/c23-18-4-2-1-3-17(18)19-13-20-22(30)27(11-12-28(20)26-19)10-9-21(29)25-14-15-5-7-16(24)8-6-15/h1-8,11-13H,9-10,14H2,(H,25,29). The summed E-state index contributed by atoms with van der Waals surface area (Å²) in [5.41, 5.74) is 2.31. The number of aryl methyl sites for hydroxylation is 1. The normalized spacial score (nSPS) is 11.0. The number of hydrogen-bond acceptors (Lipinski definition) is 3. The molecule has 0 saturated carbocycles. The summed E-state index contributed by atoms with van der Waals surface area (Å²) in [7, 11) is 0. The van der Waals surface area contributed by atoms with Gasteiger partial charge in [0, 0.05) is 37.5 Å². The minimum absolute atomic E-state index is 0.142. The summed E-state index contributed by atoms with van der Waals surface area (Å²) >= 11 is 6.23. The first-order valence-electron chi connectivity index (χ1n) is 9.36. The number of carbonyl (C=O) groups is 1. The van der Waals surface area contributed by atoms with Gasteiger partial charge in [0.25, 0.3) is 5.56 Å². The highest BCUT2D eigenvalue weighted by Crippen LogP contribution is 2.26. The number of fused-ring (bicyclic) bond motifs is 1. The van der Waals surface area contributed by atoms with Gasteiger partial charge in [-0.25, -0.2) is 8.91 Å². The summed E-state index contributed by atoms with van der Waals surface area (Å²) in [5.74, 6) is -0.520. The lowest BCUT2D eigenvalue weighted by Gasteiger charge is -2.07. The fourth-order valence-corrected chi connectivity index (χ4v) is 3.35. The first-order valence-corrected chi connectivity index (χ1v) is 9.74. The van der Waals surface area contributed by atoms with Gasteiger partial charge in [-0.3, -0.25) is 9.59 Å². The van der Waals surface area contributed by atoms with Crippen molar-refractivity contribution >= 4 is 23.0 Å². The summed E-state index contributed by atoms with van der Waals surface area (Å²) in [4.78, 5) is 24.9. The van der Waals surface area contributed by atoms with Gasteiger partial charge in [-0.05, 0) is 29.8 Å². The molecule has 2 heterocycles. The molecule has 0 aliphatic rings. The minimum Gasteiger partial charge on any atom is -0.352 e. The van der Waals surface area contributed by atoms with Gasteiger partial charge < -0.3 is 9.88 Å². The average Bonchev–Trinajstić information content (AvgIpc) is 3.18. The Hall–Kier alpha value is -3.45. The molecular weight excluding hydrogens is 407 g/mol. The third-order valence-corrected chi connectivity index (χ3v) is 5.07. The van der Waals surface area contributed by atoms with Gasteiger partial charge in [0.15, 0.2) is 0 Å². The number of halogens is 2. The molecule has 4 aromatic rings. The Morgan fingerprint density at radius 2 is 1.87 bits per heavy atom. The summed E-state index contributed by atoms with van der Waals surface area (Å²) in [6, 6.07) is 14.9. The van der Waals surface area contributed by atoms with Gasteiger partial charge >= 0.3 is 0 Å². The van der Waals surface area contributed by atoms with Crippen molar-refractivity contribution < 1.29 is 9.18 Å². The van der Waals surface area contributed by atoms with Crippen LogP contribution in [0.5, 0.6) is 0 Å². The molecule has 0 saturated heterocycles. The predicted octanol–water partition coefficient (Wildman–Crippen LogP) is 3.66. The smallest absolute Gasteiger partial charge is 0.276 e. The van der Waals surface area contributed by atoms with Crippen LogP contribution in [0.3, 0.4) is 0 Å². The molecular formula is C22H18ClFN4O2. The lowest BCUT2D eigenvalue weighted by Crippen LogP contribution is -2.27. The molecule has 0 radical (unpaired) electrons. The number of carbonyl (C=O) groups excluding carboxylic acids is 1. The van der Waals surface area contributed by atoms with Crippen LogP contribution in [-0.4, -0.2) is 20.1 Å². The first-order chi connectivity index (χ1) is 14.5. The van der Waals surface area contributed by atoms with Crippen LogP contribution in [0.2, 0.25) is 5.02 Å². The molecule has 4 rings (SSSR count). The highest BCUT2D eigenvalue weighted by molar-refractivity contribution is 6.33. The Kier molecular flexibility index (Phi) is 5.63. The lowest BCUT2D eigenvalue weighted by atomic mass is 10.1.